The maximum Gasteiger partial charge on any atom is 0.317 e. The molecule has 3 aliphatic rings. The summed E-state index contributed by atoms with van der Waals surface area (Å²) in [5.41, 5.74) is 0. The Balaban J connectivity index is 1.40. The van der Waals surface area contributed by atoms with Crippen molar-refractivity contribution in [2.45, 2.75) is 50.7 Å². The molecule has 0 aromatic rings. The number of nitrogens with one attached hydrogen (secondary N) is 1. The van der Waals surface area contributed by atoms with E-state index in [4.69, 9.17) is 9.84 Å². The van der Waals surface area contributed by atoms with Crippen molar-refractivity contribution >= 4 is 17.9 Å². The first-order chi connectivity index (χ1) is 12.0. The third kappa shape index (κ3) is 4.42. The van der Waals surface area contributed by atoms with Crippen LogP contribution in [0.4, 0.5) is 4.79 Å². The molecule has 2 aliphatic heterocycles. The Kier molecular flexibility index (Phi) is 5.78. The van der Waals surface area contributed by atoms with E-state index < -0.39 is 5.97 Å². The van der Waals surface area contributed by atoms with Crippen molar-refractivity contribution in [1.82, 2.24) is 15.1 Å². The highest BCUT2D eigenvalue weighted by atomic mass is 16.5. The van der Waals surface area contributed by atoms with Crippen molar-refractivity contribution in [1.29, 1.82) is 0 Å². The van der Waals surface area contributed by atoms with E-state index in [2.05, 4.69) is 5.32 Å². The molecule has 1 unspecified atom stereocenters. The largest absolute Gasteiger partial charge is 0.481 e. The van der Waals surface area contributed by atoms with Crippen LogP contribution in [0.25, 0.3) is 0 Å². The lowest BCUT2D eigenvalue weighted by molar-refractivity contribution is -0.143. The maximum atomic E-state index is 12.4. The zero-order valence-corrected chi connectivity index (χ0v) is 14.5. The first-order valence-corrected chi connectivity index (χ1v) is 9.23. The van der Waals surface area contributed by atoms with Gasteiger partial charge in [0, 0.05) is 38.8 Å². The van der Waals surface area contributed by atoms with Crippen molar-refractivity contribution in [3.8, 4) is 0 Å². The zero-order valence-electron chi connectivity index (χ0n) is 14.5. The molecule has 0 aromatic heterocycles. The number of carboxylic acids is 1. The van der Waals surface area contributed by atoms with Crippen LogP contribution in [0.3, 0.4) is 0 Å². The molecule has 3 fully saturated rings. The molecule has 1 atom stereocenters. The van der Waals surface area contributed by atoms with E-state index in [1.54, 1.807) is 9.80 Å². The molecule has 3 amide bonds. The van der Waals surface area contributed by atoms with Gasteiger partial charge in [0.05, 0.1) is 5.92 Å². The second-order valence-corrected chi connectivity index (χ2v) is 7.15. The smallest absolute Gasteiger partial charge is 0.317 e. The topological polar surface area (TPSA) is 99.2 Å². The summed E-state index contributed by atoms with van der Waals surface area (Å²) in [5, 5.41) is 12.0. The van der Waals surface area contributed by atoms with Gasteiger partial charge in [-0.3, -0.25) is 9.59 Å². The Labute approximate surface area is 147 Å². The van der Waals surface area contributed by atoms with Gasteiger partial charge in [0.1, 0.15) is 6.10 Å². The van der Waals surface area contributed by atoms with E-state index in [1.807, 2.05) is 0 Å². The van der Waals surface area contributed by atoms with Crippen molar-refractivity contribution < 1.29 is 24.2 Å². The molecule has 140 valence electrons. The number of carboxylic acid groups (broad SMARTS) is 1. The van der Waals surface area contributed by atoms with E-state index in [0.29, 0.717) is 58.5 Å². The summed E-state index contributed by atoms with van der Waals surface area (Å²) in [7, 11) is 0. The van der Waals surface area contributed by atoms with Crippen molar-refractivity contribution in [2.24, 2.45) is 5.92 Å². The number of amides is 3. The second-order valence-electron chi connectivity index (χ2n) is 7.15. The third-order valence-corrected chi connectivity index (χ3v) is 5.49. The van der Waals surface area contributed by atoms with E-state index in [0.717, 1.165) is 12.8 Å². The number of hydrogen-bond donors (Lipinski definition) is 2. The van der Waals surface area contributed by atoms with Gasteiger partial charge in [0.2, 0.25) is 0 Å². The second kappa shape index (κ2) is 8.03. The van der Waals surface area contributed by atoms with Crippen LogP contribution in [-0.2, 0) is 14.3 Å². The number of rotatable bonds is 3. The average molecular weight is 353 g/mol. The summed E-state index contributed by atoms with van der Waals surface area (Å²) in [6.07, 6.45) is 4.07. The Morgan fingerprint density at radius 2 is 1.56 bits per heavy atom. The van der Waals surface area contributed by atoms with Crippen molar-refractivity contribution in [3.63, 3.8) is 0 Å². The number of piperazine rings is 1. The van der Waals surface area contributed by atoms with Gasteiger partial charge in [-0.15, -0.1) is 0 Å². The van der Waals surface area contributed by atoms with Crippen molar-refractivity contribution in [2.75, 3.05) is 32.8 Å². The lowest BCUT2D eigenvalue weighted by Gasteiger charge is -2.37. The Bertz CT molecular complexity index is 504. The predicted molar refractivity (Wildman–Crippen MR) is 89.0 cm³/mol. The normalized spacial score (nSPS) is 30.2. The van der Waals surface area contributed by atoms with Gasteiger partial charge in [-0.2, -0.15) is 0 Å². The average Bonchev–Trinajstić information content (AvgIpc) is 3.16. The molecule has 0 radical (unpaired) electrons. The highest BCUT2D eigenvalue weighted by Gasteiger charge is 2.32. The van der Waals surface area contributed by atoms with Crippen LogP contribution in [0.2, 0.25) is 0 Å². The molecule has 0 spiro atoms. The quantitative estimate of drug-likeness (QED) is 0.777. The van der Waals surface area contributed by atoms with Crippen molar-refractivity contribution in [3.05, 3.63) is 0 Å². The minimum atomic E-state index is -0.739. The first kappa shape index (κ1) is 18.0. The van der Waals surface area contributed by atoms with Crippen LogP contribution in [0.1, 0.15) is 38.5 Å². The highest BCUT2D eigenvalue weighted by molar-refractivity contribution is 5.81. The monoisotopic (exact) mass is 353 g/mol. The van der Waals surface area contributed by atoms with E-state index in [-0.39, 0.29) is 30.0 Å². The molecule has 2 N–H and O–H groups in total. The summed E-state index contributed by atoms with van der Waals surface area (Å²) in [6.45, 7) is 2.78. The van der Waals surface area contributed by atoms with Gasteiger partial charge < -0.3 is 25.0 Å². The third-order valence-electron chi connectivity index (χ3n) is 5.49. The molecule has 1 aliphatic carbocycles. The molecular weight excluding hydrogens is 326 g/mol. The lowest BCUT2D eigenvalue weighted by Crippen LogP contribution is -2.56. The van der Waals surface area contributed by atoms with Gasteiger partial charge in [-0.1, -0.05) is 0 Å². The molecule has 1 saturated carbocycles. The summed E-state index contributed by atoms with van der Waals surface area (Å²) >= 11 is 0. The van der Waals surface area contributed by atoms with Crippen LogP contribution in [0, 0.1) is 5.92 Å². The van der Waals surface area contributed by atoms with Gasteiger partial charge in [0.15, 0.2) is 0 Å². The van der Waals surface area contributed by atoms with Crippen LogP contribution in [0.15, 0.2) is 0 Å². The maximum absolute atomic E-state index is 12.4. The molecular formula is C17H27N3O5. The van der Waals surface area contributed by atoms with Crippen LogP contribution < -0.4 is 5.32 Å². The summed E-state index contributed by atoms with van der Waals surface area (Å²) in [4.78, 5) is 39.2. The number of ether oxygens (including phenoxy) is 1. The SMILES string of the molecule is O=C(O)C1CCC(NC(=O)N2CCN(C(=O)C3CCCO3)CC2)CC1. The summed E-state index contributed by atoms with van der Waals surface area (Å²) in [5.74, 6) is -0.970. The van der Waals surface area contributed by atoms with E-state index in [1.165, 1.54) is 0 Å². The molecule has 0 aromatic carbocycles. The van der Waals surface area contributed by atoms with E-state index >= 15 is 0 Å². The first-order valence-electron chi connectivity index (χ1n) is 9.23. The standard InChI is InChI=1S/C17H27N3O5/c21-15(14-2-1-11-25-14)19-7-9-20(10-8-19)17(24)18-13-5-3-12(4-6-13)16(22)23/h12-14H,1-11H2,(H,18,24)(H,22,23). The molecule has 8 heteroatoms. The fraction of sp³-hybridized carbons (Fsp3) is 0.824. The van der Waals surface area contributed by atoms with Gasteiger partial charge >= 0.3 is 12.0 Å². The molecule has 8 nitrogen and oxygen atoms in total. The van der Waals surface area contributed by atoms with Crippen LogP contribution in [-0.4, -0.2) is 77.7 Å². The number of carbonyl (C=O) groups excluding carboxylic acids is 2. The number of urea groups is 1. The Morgan fingerprint density at radius 1 is 0.920 bits per heavy atom. The Hall–Kier alpha value is -1.83. The molecule has 3 rings (SSSR count). The number of nitrogens with zero attached hydrogens (tertiary/aromatic N) is 2. The molecule has 25 heavy (non-hydrogen) atoms. The van der Waals surface area contributed by atoms with Gasteiger partial charge in [0.25, 0.3) is 5.91 Å². The fourth-order valence-corrected chi connectivity index (χ4v) is 3.86. The van der Waals surface area contributed by atoms with Gasteiger partial charge in [-0.05, 0) is 38.5 Å². The van der Waals surface area contributed by atoms with E-state index in [9.17, 15) is 14.4 Å². The fourth-order valence-electron chi connectivity index (χ4n) is 3.86. The number of hydrogen-bond acceptors (Lipinski definition) is 4. The predicted octanol–water partition coefficient (Wildman–Crippen LogP) is 0.663. The van der Waals surface area contributed by atoms with Crippen LogP contribution in [0.5, 0.6) is 0 Å². The molecule has 0 bridgehead atoms. The molecule has 2 heterocycles. The minimum absolute atomic E-state index is 0.0459. The minimum Gasteiger partial charge on any atom is -0.481 e. The number of carbonyl (C=O) groups is 3. The molecule has 2 saturated heterocycles. The Morgan fingerprint density at radius 3 is 2.12 bits per heavy atom. The lowest BCUT2D eigenvalue weighted by atomic mass is 9.86. The van der Waals surface area contributed by atoms with Crippen LogP contribution >= 0.6 is 0 Å². The summed E-state index contributed by atoms with van der Waals surface area (Å²) in [6, 6.07) is -0.0577. The summed E-state index contributed by atoms with van der Waals surface area (Å²) < 4.78 is 5.44. The zero-order chi connectivity index (χ0) is 17.8. The number of aliphatic carboxylic acids is 1. The van der Waals surface area contributed by atoms with Gasteiger partial charge in [-0.25, -0.2) is 4.79 Å². The highest BCUT2D eigenvalue weighted by Crippen LogP contribution is 2.24.